The Labute approximate surface area is 120 Å². The molecule has 2 nitrogen and oxygen atoms in total. The maximum absolute atomic E-state index is 5.50. The second-order valence-electron chi connectivity index (χ2n) is 2.31. The third-order valence-electron chi connectivity index (χ3n) is 1.30. The SMILES string of the molecule is CC.CC.[CH2-]Cc1cc(C)cc(N)n1.[Y]. The fraction of sp³-hybridized carbons (Fsp3) is 0.500. The number of hydrogen-bond acceptors (Lipinski definition) is 2. The van der Waals surface area contributed by atoms with Crippen molar-refractivity contribution in [1.82, 2.24) is 4.98 Å². The van der Waals surface area contributed by atoms with Crippen LogP contribution in [0.25, 0.3) is 0 Å². The second-order valence-corrected chi connectivity index (χ2v) is 2.31. The molecule has 0 aliphatic rings. The summed E-state index contributed by atoms with van der Waals surface area (Å²) in [5.41, 5.74) is 7.60. The van der Waals surface area contributed by atoms with E-state index in [9.17, 15) is 0 Å². The van der Waals surface area contributed by atoms with Crippen molar-refractivity contribution in [2.45, 2.75) is 41.0 Å². The van der Waals surface area contributed by atoms with Crippen LogP contribution in [0.1, 0.15) is 39.0 Å². The maximum atomic E-state index is 5.50. The van der Waals surface area contributed by atoms with Crippen molar-refractivity contribution in [3.63, 3.8) is 0 Å². The number of nitrogens with zero attached hydrogens (tertiary/aromatic N) is 1. The van der Waals surface area contributed by atoms with Crippen LogP contribution in [0.3, 0.4) is 0 Å². The Kier molecular flexibility index (Phi) is 19.2. The molecule has 1 heterocycles. The standard InChI is InChI=1S/C8H11N2.2C2H6.Y/c1-3-7-4-6(2)5-8(9)10-7;2*1-2;/h4-5H,1,3H2,2H3,(H2,9,10);2*1-2H3;/q-1;;;. The molecule has 0 bridgehead atoms. The Balaban J connectivity index is -0.000000258. The Morgan fingerprint density at radius 2 is 1.67 bits per heavy atom. The summed E-state index contributed by atoms with van der Waals surface area (Å²) in [6, 6.07) is 3.84. The van der Waals surface area contributed by atoms with Gasteiger partial charge in [0.05, 0.1) is 0 Å². The van der Waals surface area contributed by atoms with E-state index in [0.717, 1.165) is 11.3 Å². The second kappa shape index (κ2) is 14.1. The van der Waals surface area contributed by atoms with Gasteiger partial charge in [-0.3, -0.25) is 0 Å². The van der Waals surface area contributed by atoms with Crippen LogP contribution in [0.4, 0.5) is 5.82 Å². The number of nitrogen functional groups attached to an aromatic ring is 1. The zero-order valence-corrected chi connectivity index (χ0v) is 13.5. The number of nitrogens with two attached hydrogens (primary N) is 1. The summed E-state index contributed by atoms with van der Waals surface area (Å²) in [5, 5.41) is 0. The summed E-state index contributed by atoms with van der Waals surface area (Å²) in [7, 11) is 0. The van der Waals surface area contributed by atoms with Gasteiger partial charge in [0.15, 0.2) is 0 Å². The van der Waals surface area contributed by atoms with E-state index in [1.807, 2.05) is 46.8 Å². The minimum Gasteiger partial charge on any atom is -0.384 e. The van der Waals surface area contributed by atoms with Crippen molar-refractivity contribution in [2.24, 2.45) is 0 Å². The molecule has 1 rings (SSSR count). The van der Waals surface area contributed by atoms with Gasteiger partial charge in [0, 0.05) is 38.4 Å². The van der Waals surface area contributed by atoms with Crippen molar-refractivity contribution in [1.29, 1.82) is 0 Å². The number of anilines is 1. The van der Waals surface area contributed by atoms with E-state index in [1.165, 1.54) is 0 Å². The summed E-state index contributed by atoms with van der Waals surface area (Å²) >= 11 is 0. The molecule has 0 aliphatic carbocycles. The molecule has 1 radical (unpaired) electrons. The van der Waals surface area contributed by atoms with Gasteiger partial charge in [-0.2, -0.15) is 0 Å². The van der Waals surface area contributed by atoms with Crippen LogP contribution in [0.15, 0.2) is 12.1 Å². The molecular weight excluding hydrogens is 261 g/mol. The summed E-state index contributed by atoms with van der Waals surface area (Å²) in [6.07, 6.45) is 0.700. The van der Waals surface area contributed by atoms with E-state index < -0.39 is 0 Å². The Morgan fingerprint density at radius 3 is 2.00 bits per heavy atom. The van der Waals surface area contributed by atoms with Crippen molar-refractivity contribution < 1.29 is 32.7 Å². The first-order chi connectivity index (χ1) is 6.72. The molecule has 0 spiro atoms. The third-order valence-corrected chi connectivity index (χ3v) is 1.30. The molecule has 0 aromatic carbocycles. The average Bonchev–Trinajstić information content (AvgIpc) is 2.22. The Bertz CT molecular complexity index is 217. The first-order valence-corrected chi connectivity index (χ1v) is 5.24. The summed E-state index contributed by atoms with van der Waals surface area (Å²) in [4.78, 5) is 4.07. The number of hydrogen-bond donors (Lipinski definition) is 1. The molecule has 0 amide bonds. The minimum absolute atomic E-state index is 0. The van der Waals surface area contributed by atoms with Gasteiger partial charge in [-0.15, -0.1) is 6.42 Å². The van der Waals surface area contributed by atoms with Crippen LogP contribution in [-0.2, 0) is 39.1 Å². The molecule has 0 atom stereocenters. The van der Waals surface area contributed by atoms with E-state index >= 15 is 0 Å². The van der Waals surface area contributed by atoms with Crippen LogP contribution in [0, 0.1) is 13.8 Å². The van der Waals surface area contributed by atoms with Gasteiger partial charge in [0.1, 0.15) is 5.82 Å². The van der Waals surface area contributed by atoms with Crippen LogP contribution >= 0.6 is 0 Å². The van der Waals surface area contributed by atoms with Crippen molar-refractivity contribution in [3.8, 4) is 0 Å². The molecule has 15 heavy (non-hydrogen) atoms. The summed E-state index contributed by atoms with van der Waals surface area (Å²) in [6.45, 7) is 13.7. The Hall–Kier alpha value is 0.0539. The van der Waals surface area contributed by atoms with Gasteiger partial charge >= 0.3 is 0 Å². The first kappa shape index (κ1) is 20.5. The van der Waals surface area contributed by atoms with Crippen molar-refractivity contribution in [2.75, 3.05) is 5.73 Å². The number of rotatable bonds is 1. The monoisotopic (exact) mass is 284 g/mol. The topological polar surface area (TPSA) is 38.9 Å². The molecule has 0 saturated heterocycles. The predicted molar refractivity (Wildman–Crippen MR) is 65.1 cm³/mol. The van der Waals surface area contributed by atoms with E-state index in [-0.39, 0.29) is 32.7 Å². The van der Waals surface area contributed by atoms with Gasteiger partial charge in [-0.25, -0.2) is 4.98 Å². The molecule has 0 fully saturated rings. The molecule has 2 N–H and O–H groups in total. The zero-order valence-electron chi connectivity index (χ0n) is 10.7. The fourth-order valence-corrected chi connectivity index (χ4v) is 0.896. The predicted octanol–water partition coefficient (Wildman–Crippen LogP) is 3.40. The van der Waals surface area contributed by atoms with Gasteiger partial charge in [-0.1, -0.05) is 27.7 Å². The number of pyridine rings is 1. The van der Waals surface area contributed by atoms with Crippen LogP contribution in [-0.4, -0.2) is 4.98 Å². The van der Waals surface area contributed by atoms with Crippen LogP contribution in [0.5, 0.6) is 0 Å². The fourth-order valence-electron chi connectivity index (χ4n) is 0.896. The molecule has 0 saturated carbocycles. The normalized spacial score (nSPS) is 7.33. The van der Waals surface area contributed by atoms with Gasteiger partial charge in [0.25, 0.3) is 0 Å². The average molecular weight is 284 g/mol. The molecule has 1 aromatic heterocycles. The van der Waals surface area contributed by atoms with Crippen molar-refractivity contribution in [3.05, 3.63) is 30.3 Å². The number of aromatic nitrogens is 1. The van der Waals surface area contributed by atoms with E-state index in [0.29, 0.717) is 12.2 Å². The molecule has 0 aliphatic heterocycles. The van der Waals surface area contributed by atoms with E-state index in [2.05, 4.69) is 11.9 Å². The number of aryl methyl sites for hydroxylation is 1. The third kappa shape index (κ3) is 10.3. The van der Waals surface area contributed by atoms with Crippen molar-refractivity contribution >= 4 is 5.82 Å². The maximum Gasteiger partial charge on any atom is 0.123 e. The quantitative estimate of drug-likeness (QED) is 0.803. The molecular formula is C12H23N2Y-. The minimum atomic E-state index is 0. The first-order valence-electron chi connectivity index (χ1n) is 5.24. The summed E-state index contributed by atoms with van der Waals surface area (Å²) < 4.78 is 0. The smallest absolute Gasteiger partial charge is 0.123 e. The van der Waals surface area contributed by atoms with E-state index in [4.69, 9.17) is 5.73 Å². The largest absolute Gasteiger partial charge is 0.384 e. The molecule has 0 unspecified atom stereocenters. The van der Waals surface area contributed by atoms with Crippen LogP contribution in [0.2, 0.25) is 0 Å². The molecule has 3 heteroatoms. The van der Waals surface area contributed by atoms with Gasteiger partial charge in [0.2, 0.25) is 0 Å². The zero-order chi connectivity index (χ0) is 11.6. The van der Waals surface area contributed by atoms with Crippen LogP contribution < -0.4 is 5.73 Å². The van der Waals surface area contributed by atoms with E-state index in [1.54, 1.807) is 0 Å². The Morgan fingerprint density at radius 1 is 1.20 bits per heavy atom. The van der Waals surface area contributed by atoms with Gasteiger partial charge < -0.3 is 12.7 Å². The summed E-state index contributed by atoms with van der Waals surface area (Å²) in [5.74, 6) is 0.582. The molecule has 1 aromatic rings. The van der Waals surface area contributed by atoms with Gasteiger partial charge in [-0.05, 0) is 24.6 Å². The molecule has 85 valence electrons.